The molecule has 4 N–H and O–H groups in total. The second-order valence-electron chi connectivity index (χ2n) is 9.11. The van der Waals surface area contributed by atoms with Crippen LogP contribution >= 0.6 is 11.6 Å². The quantitative estimate of drug-likeness (QED) is 0.186. The van der Waals surface area contributed by atoms with Crippen molar-refractivity contribution in [2.24, 2.45) is 10.3 Å². The number of nitrogens with zero attached hydrogens (tertiary/aromatic N) is 4. The van der Waals surface area contributed by atoms with E-state index in [1.165, 1.54) is 31.4 Å². The molecule has 0 radical (unpaired) electrons. The van der Waals surface area contributed by atoms with E-state index in [-0.39, 0.29) is 47.1 Å². The van der Waals surface area contributed by atoms with Crippen LogP contribution in [0.4, 0.5) is 4.39 Å². The average molecular weight is 637 g/mol. The van der Waals surface area contributed by atoms with Gasteiger partial charge >= 0.3 is 0 Å². The van der Waals surface area contributed by atoms with Crippen molar-refractivity contribution < 1.29 is 58.2 Å². The minimum absolute atomic E-state index is 0.0289. The first-order valence-electron chi connectivity index (χ1n) is 13.0. The van der Waals surface area contributed by atoms with Gasteiger partial charge < -0.3 is 53.8 Å². The summed E-state index contributed by atoms with van der Waals surface area (Å²) in [4.78, 5) is 17.7. The van der Waals surface area contributed by atoms with Gasteiger partial charge in [0, 0.05) is 6.07 Å². The summed E-state index contributed by atoms with van der Waals surface area (Å²) in [6.45, 7) is -0.134. The summed E-state index contributed by atoms with van der Waals surface area (Å²) in [5.41, 5.74) is 0.462. The van der Waals surface area contributed by atoms with Crippen LogP contribution in [0, 0.1) is 5.82 Å². The number of oxime groups is 2. The van der Waals surface area contributed by atoms with E-state index in [0.29, 0.717) is 5.56 Å². The molecule has 17 heteroatoms. The summed E-state index contributed by atoms with van der Waals surface area (Å²) < 4.78 is 43.3. The zero-order chi connectivity index (χ0) is 31.2. The third-order valence-corrected chi connectivity index (χ3v) is 6.53. The fraction of sp³-hybridized carbons (Fsp3) is 0.333. The molecule has 2 aliphatic heterocycles. The lowest BCUT2D eigenvalue weighted by atomic mass is 9.99. The summed E-state index contributed by atoms with van der Waals surface area (Å²) >= 11 is 6.33. The third-order valence-electron chi connectivity index (χ3n) is 6.23. The van der Waals surface area contributed by atoms with Crippen molar-refractivity contribution >= 4 is 23.2 Å². The fourth-order valence-electron chi connectivity index (χ4n) is 4.09. The van der Waals surface area contributed by atoms with E-state index < -0.39 is 54.9 Å². The van der Waals surface area contributed by atoms with E-state index in [1.54, 1.807) is 18.2 Å². The second kappa shape index (κ2) is 14.0. The lowest BCUT2D eigenvalue weighted by Gasteiger charge is -2.39. The Morgan fingerprint density at radius 1 is 1.02 bits per heavy atom. The maximum absolute atomic E-state index is 15.5. The molecule has 1 aromatic heterocycles. The highest BCUT2D eigenvalue weighted by molar-refractivity contribution is 6.45. The number of hydrogen-bond donors (Lipinski definition) is 4. The highest BCUT2D eigenvalue weighted by Crippen LogP contribution is 2.36. The molecule has 0 unspecified atom stereocenters. The largest absolute Gasteiger partial charge is 0.470 e. The Hall–Kier alpha value is -4.32. The van der Waals surface area contributed by atoms with Crippen LogP contribution in [0.2, 0.25) is 5.02 Å². The van der Waals surface area contributed by atoms with Crippen molar-refractivity contribution in [3.05, 3.63) is 65.2 Å². The standard InChI is InChI=1S/C27H26ClFN4O11/c1-38-32-20(26-33-40-9-8-39-26)14-4-2-3-5-16(14)42-24-19(29)25(31-12-30-24)43-17-7-6-13(10-15(17)28)41-27-23(37)22(36)21(35)18(11-34)44-27/h2-7,10,12,18,21-23,27,34-37H,8-9,11H2,1H3/b32-20+/t18-,21-,22+,23-,27-/m1/s1. The van der Waals surface area contributed by atoms with Crippen LogP contribution in [0.1, 0.15) is 5.56 Å². The van der Waals surface area contributed by atoms with Gasteiger partial charge in [-0.25, -0.2) is 0 Å². The monoisotopic (exact) mass is 636 g/mol. The molecule has 3 aromatic rings. The number of para-hydroxylation sites is 1. The molecule has 0 aliphatic carbocycles. The number of aliphatic hydroxyl groups is 4. The predicted molar refractivity (Wildman–Crippen MR) is 147 cm³/mol. The lowest BCUT2D eigenvalue weighted by Crippen LogP contribution is -2.60. The molecule has 234 valence electrons. The molecule has 3 heterocycles. The number of halogens is 2. The minimum atomic E-state index is -1.63. The van der Waals surface area contributed by atoms with Gasteiger partial charge in [0.15, 0.2) is 12.3 Å². The van der Waals surface area contributed by atoms with Gasteiger partial charge in [0.2, 0.25) is 12.1 Å². The van der Waals surface area contributed by atoms with Crippen LogP contribution < -0.4 is 14.2 Å². The lowest BCUT2D eigenvalue weighted by molar-refractivity contribution is -0.277. The Morgan fingerprint density at radius 3 is 2.45 bits per heavy atom. The molecule has 0 amide bonds. The first-order chi connectivity index (χ1) is 21.3. The van der Waals surface area contributed by atoms with Gasteiger partial charge in [-0.3, -0.25) is 0 Å². The van der Waals surface area contributed by atoms with E-state index in [1.807, 2.05) is 0 Å². The van der Waals surface area contributed by atoms with Gasteiger partial charge in [0.1, 0.15) is 61.7 Å². The molecule has 5 atom stereocenters. The van der Waals surface area contributed by atoms with Gasteiger partial charge in [0.25, 0.3) is 17.7 Å². The molecule has 44 heavy (non-hydrogen) atoms. The first-order valence-corrected chi connectivity index (χ1v) is 13.3. The number of aliphatic hydroxyl groups excluding tert-OH is 4. The summed E-state index contributed by atoms with van der Waals surface area (Å²) in [6, 6.07) is 10.5. The Kier molecular flexibility index (Phi) is 9.89. The van der Waals surface area contributed by atoms with E-state index in [2.05, 4.69) is 20.3 Å². The maximum atomic E-state index is 15.5. The molecule has 15 nitrogen and oxygen atoms in total. The van der Waals surface area contributed by atoms with Crippen molar-refractivity contribution in [2.75, 3.05) is 26.9 Å². The Labute approximate surface area is 253 Å². The molecular formula is C27H26ClFN4O11. The van der Waals surface area contributed by atoms with Crippen LogP contribution in [0.15, 0.2) is 59.1 Å². The van der Waals surface area contributed by atoms with Crippen LogP contribution in [0.3, 0.4) is 0 Å². The molecule has 0 spiro atoms. The third kappa shape index (κ3) is 6.75. The molecule has 5 rings (SSSR count). The smallest absolute Gasteiger partial charge is 0.280 e. The first kappa shape index (κ1) is 31.1. The average Bonchev–Trinajstić information content (AvgIpc) is 3.04. The van der Waals surface area contributed by atoms with Crippen molar-refractivity contribution in [3.8, 4) is 29.0 Å². The molecule has 0 bridgehead atoms. The van der Waals surface area contributed by atoms with E-state index in [9.17, 15) is 20.4 Å². The molecule has 1 fully saturated rings. The summed E-state index contributed by atoms with van der Waals surface area (Å²) in [6.07, 6.45) is -6.39. The van der Waals surface area contributed by atoms with Crippen LogP contribution in [0.25, 0.3) is 0 Å². The molecule has 0 saturated carbocycles. The highest BCUT2D eigenvalue weighted by Gasteiger charge is 2.44. The Bertz CT molecular complexity index is 1530. The second-order valence-corrected chi connectivity index (χ2v) is 9.51. The van der Waals surface area contributed by atoms with Gasteiger partial charge in [-0.15, -0.1) is 0 Å². The van der Waals surface area contributed by atoms with E-state index >= 15 is 4.39 Å². The van der Waals surface area contributed by atoms with Crippen molar-refractivity contribution in [1.82, 2.24) is 9.97 Å². The molecule has 2 aromatic carbocycles. The minimum Gasteiger partial charge on any atom is -0.470 e. The van der Waals surface area contributed by atoms with Crippen molar-refractivity contribution in [1.29, 1.82) is 0 Å². The molecular weight excluding hydrogens is 611 g/mol. The maximum Gasteiger partial charge on any atom is 0.280 e. The predicted octanol–water partition coefficient (Wildman–Crippen LogP) is 1.74. The summed E-state index contributed by atoms with van der Waals surface area (Å²) in [5.74, 6) is -1.86. The van der Waals surface area contributed by atoms with Crippen molar-refractivity contribution in [3.63, 3.8) is 0 Å². The fourth-order valence-corrected chi connectivity index (χ4v) is 4.30. The Balaban J connectivity index is 1.33. The van der Waals surface area contributed by atoms with Gasteiger partial charge in [-0.05, 0) is 29.4 Å². The Morgan fingerprint density at radius 2 is 1.77 bits per heavy atom. The number of rotatable bonds is 10. The zero-order valence-corrected chi connectivity index (χ0v) is 23.6. The van der Waals surface area contributed by atoms with E-state index in [0.717, 1.165) is 6.33 Å². The van der Waals surface area contributed by atoms with Crippen LogP contribution in [0.5, 0.6) is 29.0 Å². The van der Waals surface area contributed by atoms with Crippen LogP contribution in [-0.4, -0.2) is 99.6 Å². The normalized spacial score (nSPS) is 23.6. The topological polar surface area (TPSA) is 196 Å². The zero-order valence-electron chi connectivity index (χ0n) is 22.8. The number of ether oxygens (including phenoxy) is 5. The number of benzene rings is 2. The molecule has 2 aliphatic rings. The molecule has 1 saturated heterocycles. The van der Waals surface area contributed by atoms with Gasteiger partial charge in [-0.2, -0.15) is 14.4 Å². The van der Waals surface area contributed by atoms with Crippen molar-refractivity contribution in [2.45, 2.75) is 30.7 Å². The van der Waals surface area contributed by atoms with Crippen LogP contribution in [-0.2, 0) is 19.1 Å². The van der Waals surface area contributed by atoms with E-state index in [4.69, 9.17) is 45.0 Å². The highest BCUT2D eigenvalue weighted by atomic mass is 35.5. The summed E-state index contributed by atoms with van der Waals surface area (Å²) in [7, 11) is 1.33. The number of hydrogen-bond acceptors (Lipinski definition) is 15. The number of aromatic nitrogens is 2. The van der Waals surface area contributed by atoms with Gasteiger partial charge in [-0.1, -0.05) is 28.9 Å². The summed E-state index contributed by atoms with van der Waals surface area (Å²) in [5, 5.41) is 47.2. The SMILES string of the molecule is CO/N=C(/C1=NOCCO1)c1ccccc1Oc1ncnc(Oc2ccc(O[C@@H]3O[C@H](CO)[C@@H](O)[C@H](O)[C@H]3O)cc2Cl)c1F. The van der Waals surface area contributed by atoms with Gasteiger partial charge in [0.05, 0.1) is 17.2 Å².